The van der Waals surface area contributed by atoms with Crippen molar-refractivity contribution in [3.63, 3.8) is 0 Å². The highest BCUT2D eigenvalue weighted by atomic mass is 35.5. The Morgan fingerprint density at radius 3 is 2.37 bits per heavy atom. The van der Waals surface area contributed by atoms with Crippen LogP contribution in [0.2, 0.25) is 5.02 Å². The van der Waals surface area contributed by atoms with E-state index in [4.69, 9.17) is 11.6 Å². The van der Waals surface area contributed by atoms with Crippen LogP contribution in [-0.2, 0) is 6.54 Å². The van der Waals surface area contributed by atoms with E-state index in [9.17, 15) is 4.79 Å². The van der Waals surface area contributed by atoms with Crippen LogP contribution in [0.5, 0.6) is 0 Å². The number of rotatable bonds is 5. The number of aromatic nitrogens is 2. The monoisotopic (exact) mass is 394 g/mol. The highest BCUT2D eigenvalue weighted by Crippen LogP contribution is 2.30. The molecule has 0 amide bonds. The van der Waals surface area contributed by atoms with Gasteiger partial charge in [0.15, 0.2) is 0 Å². The molecule has 0 aliphatic carbocycles. The van der Waals surface area contributed by atoms with Crippen molar-refractivity contribution in [3.8, 4) is 5.69 Å². The van der Waals surface area contributed by atoms with Gasteiger partial charge in [0.25, 0.3) is 0 Å². The van der Waals surface area contributed by atoms with Gasteiger partial charge >= 0.3 is 5.69 Å². The number of para-hydroxylation sites is 2. The van der Waals surface area contributed by atoms with Gasteiger partial charge in [0.05, 0.1) is 23.3 Å². The largest absolute Gasteiger partial charge is 0.334 e. The van der Waals surface area contributed by atoms with E-state index in [0.29, 0.717) is 11.6 Å². The van der Waals surface area contributed by atoms with Gasteiger partial charge in [0, 0.05) is 9.92 Å². The van der Waals surface area contributed by atoms with Crippen LogP contribution < -0.4 is 5.69 Å². The number of thioether (sulfide) groups is 1. The average molecular weight is 395 g/mol. The Morgan fingerprint density at radius 1 is 0.926 bits per heavy atom. The molecule has 0 saturated carbocycles. The maximum absolute atomic E-state index is 13.4. The van der Waals surface area contributed by atoms with Crippen LogP contribution in [0.4, 0.5) is 0 Å². The first kappa shape index (κ1) is 18.0. The Bertz CT molecular complexity index is 1150. The van der Waals surface area contributed by atoms with E-state index in [0.717, 1.165) is 32.9 Å². The van der Waals surface area contributed by atoms with Crippen molar-refractivity contribution in [1.29, 1.82) is 0 Å². The molecule has 27 heavy (non-hydrogen) atoms. The molecule has 5 heteroatoms. The second-order valence-corrected chi connectivity index (χ2v) is 7.97. The molecule has 0 radical (unpaired) electrons. The number of hydrogen-bond acceptors (Lipinski definition) is 2. The Balaban J connectivity index is 1.97. The number of benzene rings is 3. The molecule has 0 aliphatic heterocycles. The molecule has 0 unspecified atom stereocenters. The topological polar surface area (TPSA) is 26.9 Å². The molecule has 3 aromatic carbocycles. The lowest BCUT2D eigenvalue weighted by atomic mass is 10.2. The molecule has 0 fully saturated rings. The molecule has 0 bridgehead atoms. The molecule has 0 spiro atoms. The summed E-state index contributed by atoms with van der Waals surface area (Å²) in [5.41, 5.74) is 3.68. The van der Waals surface area contributed by atoms with Crippen molar-refractivity contribution in [2.45, 2.75) is 18.4 Å². The summed E-state index contributed by atoms with van der Waals surface area (Å²) in [5.74, 6) is 0.923. The summed E-state index contributed by atoms with van der Waals surface area (Å²) in [5, 5.41) is 0.622. The van der Waals surface area contributed by atoms with E-state index < -0.39 is 0 Å². The van der Waals surface area contributed by atoms with Gasteiger partial charge in [-0.25, -0.2) is 4.79 Å². The van der Waals surface area contributed by atoms with Gasteiger partial charge in [-0.05, 0) is 41.6 Å². The molecule has 4 rings (SSSR count). The Kier molecular flexibility index (Phi) is 5.10. The lowest BCUT2D eigenvalue weighted by molar-refractivity contribution is 0.761. The lowest BCUT2D eigenvalue weighted by Gasteiger charge is -2.10. The number of halogens is 1. The van der Waals surface area contributed by atoms with Crippen molar-refractivity contribution >= 4 is 34.4 Å². The third-order valence-electron chi connectivity index (χ3n) is 4.48. The number of hydrogen-bond donors (Lipinski definition) is 0. The van der Waals surface area contributed by atoms with Crippen LogP contribution >= 0.6 is 23.4 Å². The highest BCUT2D eigenvalue weighted by molar-refractivity contribution is 7.99. The molecule has 3 nitrogen and oxygen atoms in total. The first-order valence-electron chi connectivity index (χ1n) is 8.86. The summed E-state index contributed by atoms with van der Waals surface area (Å²) < 4.78 is 3.61. The molecular formula is C22H19ClN2OS. The minimum Gasteiger partial charge on any atom is -0.287 e. The fraction of sp³-hybridized carbons (Fsp3) is 0.136. The van der Waals surface area contributed by atoms with E-state index in [-0.39, 0.29) is 5.69 Å². The van der Waals surface area contributed by atoms with Gasteiger partial charge in [0.1, 0.15) is 0 Å². The molecule has 1 heterocycles. The van der Waals surface area contributed by atoms with E-state index in [2.05, 4.69) is 6.92 Å². The summed E-state index contributed by atoms with van der Waals surface area (Å²) in [6, 6.07) is 23.7. The van der Waals surface area contributed by atoms with Crippen molar-refractivity contribution in [3.05, 3.63) is 93.9 Å². The van der Waals surface area contributed by atoms with Crippen LogP contribution in [0.15, 0.2) is 82.5 Å². The Morgan fingerprint density at radius 2 is 1.63 bits per heavy atom. The third kappa shape index (κ3) is 3.43. The first-order chi connectivity index (χ1) is 13.2. The third-order valence-corrected chi connectivity index (χ3v) is 5.66. The van der Waals surface area contributed by atoms with Crippen molar-refractivity contribution in [2.75, 3.05) is 5.75 Å². The van der Waals surface area contributed by atoms with Crippen LogP contribution in [0.3, 0.4) is 0 Å². The fourth-order valence-corrected chi connectivity index (χ4v) is 4.24. The predicted octanol–water partition coefficient (Wildman–Crippen LogP) is 5.61. The number of nitrogens with zero attached hydrogens (tertiary/aromatic N) is 2. The fourth-order valence-electron chi connectivity index (χ4n) is 3.30. The zero-order chi connectivity index (χ0) is 18.8. The summed E-state index contributed by atoms with van der Waals surface area (Å²) in [6.45, 7) is 2.63. The number of fused-ring (bicyclic) bond motifs is 1. The van der Waals surface area contributed by atoms with Crippen LogP contribution in [0.1, 0.15) is 12.5 Å². The van der Waals surface area contributed by atoms with Crippen molar-refractivity contribution < 1.29 is 0 Å². The SMILES string of the molecule is CCSc1ccc(Cl)cc1-n1c(=O)n(Cc2ccccc2)c2ccccc21. The van der Waals surface area contributed by atoms with Gasteiger partial charge in [0.2, 0.25) is 0 Å². The Labute approximate surface area is 167 Å². The van der Waals surface area contributed by atoms with E-state index in [1.54, 1.807) is 16.3 Å². The second kappa shape index (κ2) is 7.67. The zero-order valence-electron chi connectivity index (χ0n) is 14.9. The van der Waals surface area contributed by atoms with Gasteiger partial charge in [-0.3, -0.25) is 9.13 Å². The highest BCUT2D eigenvalue weighted by Gasteiger charge is 2.17. The predicted molar refractivity (Wildman–Crippen MR) is 114 cm³/mol. The van der Waals surface area contributed by atoms with E-state index in [1.807, 2.05) is 77.4 Å². The maximum atomic E-state index is 13.4. The molecule has 0 atom stereocenters. The molecule has 0 aliphatic rings. The average Bonchev–Trinajstić information content (AvgIpc) is 2.96. The van der Waals surface area contributed by atoms with Gasteiger partial charge < -0.3 is 0 Å². The van der Waals surface area contributed by atoms with Gasteiger partial charge in [-0.1, -0.05) is 61.0 Å². The molecular weight excluding hydrogens is 376 g/mol. The smallest absolute Gasteiger partial charge is 0.287 e. The van der Waals surface area contributed by atoms with Crippen LogP contribution in [0.25, 0.3) is 16.7 Å². The summed E-state index contributed by atoms with van der Waals surface area (Å²) in [6.07, 6.45) is 0. The number of imidazole rings is 1. The van der Waals surface area contributed by atoms with E-state index in [1.165, 1.54) is 0 Å². The van der Waals surface area contributed by atoms with Gasteiger partial charge in [-0.15, -0.1) is 11.8 Å². The first-order valence-corrected chi connectivity index (χ1v) is 10.2. The molecule has 4 aromatic rings. The maximum Gasteiger partial charge on any atom is 0.334 e. The lowest BCUT2D eigenvalue weighted by Crippen LogP contribution is -2.24. The second-order valence-electron chi connectivity index (χ2n) is 6.22. The summed E-state index contributed by atoms with van der Waals surface area (Å²) in [4.78, 5) is 14.5. The van der Waals surface area contributed by atoms with Crippen LogP contribution in [0, 0.1) is 0 Å². The molecule has 136 valence electrons. The quantitative estimate of drug-likeness (QED) is 0.411. The summed E-state index contributed by atoms with van der Waals surface area (Å²) >= 11 is 7.98. The normalized spacial score (nSPS) is 11.2. The van der Waals surface area contributed by atoms with E-state index >= 15 is 0 Å². The van der Waals surface area contributed by atoms with Crippen LogP contribution in [-0.4, -0.2) is 14.9 Å². The molecule has 0 N–H and O–H groups in total. The van der Waals surface area contributed by atoms with Crippen molar-refractivity contribution in [2.24, 2.45) is 0 Å². The molecule has 0 saturated heterocycles. The van der Waals surface area contributed by atoms with Crippen molar-refractivity contribution in [1.82, 2.24) is 9.13 Å². The minimum atomic E-state index is -0.0553. The van der Waals surface area contributed by atoms with Gasteiger partial charge in [-0.2, -0.15) is 0 Å². The Hall–Kier alpha value is -2.43. The minimum absolute atomic E-state index is 0.0553. The zero-order valence-corrected chi connectivity index (χ0v) is 16.5. The summed E-state index contributed by atoms with van der Waals surface area (Å²) in [7, 11) is 0. The molecule has 1 aromatic heterocycles. The standard InChI is InChI=1S/C22H19ClN2OS/c1-2-27-21-13-12-17(23)14-20(21)25-19-11-7-6-10-18(19)24(22(25)26)15-16-8-4-3-5-9-16/h3-14H,2,15H2,1H3.